The summed E-state index contributed by atoms with van der Waals surface area (Å²) in [6.45, 7) is 8.00. The molecule has 1 heterocycles. The van der Waals surface area contributed by atoms with Crippen molar-refractivity contribution in [1.82, 2.24) is 9.97 Å². The lowest BCUT2D eigenvalue weighted by atomic mass is 10.1. The smallest absolute Gasteiger partial charge is 0.232 e. The lowest BCUT2D eigenvalue weighted by Crippen LogP contribution is -2.07. The number of halogens is 1. The summed E-state index contributed by atoms with van der Waals surface area (Å²) in [5, 5.41) is 3.14. The van der Waals surface area contributed by atoms with Crippen LogP contribution in [0.1, 0.15) is 33.6 Å². The monoisotopic (exact) mass is 301 g/mol. The van der Waals surface area contributed by atoms with Gasteiger partial charge in [-0.2, -0.15) is 4.98 Å². The van der Waals surface area contributed by atoms with Crippen molar-refractivity contribution < 1.29 is 4.74 Å². The van der Waals surface area contributed by atoms with Gasteiger partial charge in [0, 0.05) is 6.54 Å². The molecule has 4 nitrogen and oxygen atoms in total. The second-order valence-electron chi connectivity index (χ2n) is 4.30. The lowest BCUT2D eigenvalue weighted by Gasteiger charge is -2.10. The average Bonchev–Trinajstić information content (AvgIpc) is 2.29. The Hall–Kier alpha value is -0.840. The van der Waals surface area contributed by atoms with Gasteiger partial charge in [0.1, 0.15) is 0 Å². The zero-order valence-corrected chi connectivity index (χ0v) is 12.2. The molecule has 17 heavy (non-hydrogen) atoms. The maximum absolute atomic E-state index is 5.63. The van der Waals surface area contributed by atoms with Gasteiger partial charge in [-0.15, -0.1) is 0 Å². The van der Waals surface area contributed by atoms with Crippen LogP contribution in [0.5, 0.6) is 5.88 Å². The lowest BCUT2D eigenvalue weighted by molar-refractivity contribution is 0.277. The Labute approximate surface area is 111 Å². The first kappa shape index (κ1) is 14.2. The number of hydrogen-bond donors (Lipinski definition) is 1. The number of anilines is 1. The first-order chi connectivity index (χ1) is 8.13. The Kier molecular flexibility index (Phi) is 6.26. The molecule has 1 aromatic heterocycles. The summed E-state index contributed by atoms with van der Waals surface area (Å²) < 4.78 is 6.42. The van der Waals surface area contributed by atoms with Crippen LogP contribution >= 0.6 is 15.9 Å². The molecule has 1 aromatic rings. The van der Waals surface area contributed by atoms with Gasteiger partial charge in [0.2, 0.25) is 11.8 Å². The van der Waals surface area contributed by atoms with Crippen molar-refractivity contribution in [2.24, 2.45) is 5.92 Å². The molecule has 0 fully saturated rings. The van der Waals surface area contributed by atoms with Crippen LogP contribution in [0, 0.1) is 5.92 Å². The predicted octanol–water partition coefficient (Wildman–Crippen LogP) is 3.49. The highest BCUT2D eigenvalue weighted by Crippen LogP contribution is 2.22. The highest BCUT2D eigenvalue weighted by molar-refractivity contribution is 9.10. The van der Waals surface area contributed by atoms with E-state index in [1.54, 1.807) is 6.20 Å². The fourth-order valence-corrected chi connectivity index (χ4v) is 1.47. The third-order valence-corrected chi connectivity index (χ3v) is 2.72. The van der Waals surface area contributed by atoms with Crippen molar-refractivity contribution in [2.45, 2.75) is 33.6 Å². The third-order valence-electron chi connectivity index (χ3n) is 2.18. The third kappa shape index (κ3) is 5.35. The van der Waals surface area contributed by atoms with E-state index in [2.05, 4.69) is 52.0 Å². The highest BCUT2D eigenvalue weighted by Gasteiger charge is 2.06. The van der Waals surface area contributed by atoms with Gasteiger partial charge in [-0.05, 0) is 34.7 Å². The van der Waals surface area contributed by atoms with Crippen LogP contribution in [0.2, 0.25) is 0 Å². The van der Waals surface area contributed by atoms with Crippen LogP contribution in [-0.2, 0) is 0 Å². The molecule has 0 atom stereocenters. The van der Waals surface area contributed by atoms with E-state index in [1.807, 2.05) is 0 Å². The molecule has 0 unspecified atom stereocenters. The fraction of sp³-hybridized carbons (Fsp3) is 0.667. The van der Waals surface area contributed by atoms with Crippen LogP contribution in [0.4, 0.5) is 5.95 Å². The van der Waals surface area contributed by atoms with Gasteiger partial charge in [-0.1, -0.05) is 20.8 Å². The number of ether oxygens (including phenoxy) is 1. The van der Waals surface area contributed by atoms with Crippen LogP contribution in [0.15, 0.2) is 10.7 Å². The Bertz CT molecular complexity index is 345. The Balaban J connectivity index is 2.56. The molecule has 0 aliphatic carbocycles. The molecule has 0 aromatic carbocycles. The standard InChI is InChI=1S/C12H20BrN3O/c1-4-6-14-12-15-8-10(13)11(16-12)17-7-5-9(2)3/h8-9H,4-7H2,1-3H3,(H,14,15,16). The van der Waals surface area contributed by atoms with E-state index in [9.17, 15) is 0 Å². The van der Waals surface area contributed by atoms with E-state index in [4.69, 9.17) is 4.74 Å². The quantitative estimate of drug-likeness (QED) is 0.837. The highest BCUT2D eigenvalue weighted by atomic mass is 79.9. The fourth-order valence-electron chi connectivity index (χ4n) is 1.17. The van der Waals surface area contributed by atoms with Gasteiger partial charge in [-0.3, -0.25) is 0 Å². The summed E-state index contributed by atoms with van der Waals surface area (Å²) in [6, 6.07) is 0. The topological polar surface area (TPSA) is 47.0 Å². The Morgan fingerprint density at radius 1 is 1.47 bits per heavy atom. The number of rotatable bonds is 7. The predicted molar refractivity (Wildman–Crippen MR) is 73.5 cm³/mol. The molecule has 0 bridgehead atoms. The van der Waals surface area contributed by atoms with E-state index in [1.165, 1.54) is 0 Å². The molecule has 1 rings (SSSR count). The van der Waals surface area contributed by atoms with E-state index in [-0.39, 0.29) is 0 Å². The molecule has 0 spiro atoms. The van der Waals surface area contributed by atoms with Crippen LogP contribution in [-0.4, -0.2) is 23.1 Å². The van der Waals surface area contributed by atoms with E-state index < -0.39 is 0 Å². The maximum atomic E-state index is 5.63. The minimum Gasteiger partial charge on any atom is -0.477 e. The molecule has 0 aliphatic rings. The molecule has 96 valence electrons. The minimum atomic E-state index is 0.610. The Morgan fingerprint density at radius 3 is 2.88 bits per heavy atom. The van der Waals surface area contributed by atoms with Crippen molar-refractivity contribution >= 4 is 21.9 Å². The largest absolute Gasteiger partial charge is 0.477 e. The summed E-state index contributed by atoms with van der Waals surface area (Å²) in [5.41, 5.74) is 0. The summed E-state index contributed by atoms with van der Waals surface area (Å²) in [5.74, 6) is 1.86. The van der Waals surface area contributed by atoms with Crippen molar-refractivity contribution in [3.8, 4) is 5.88 Å². The van der Waals surface area contributed by atoms with Crippen molar-refractivity contribution in [3.63, 3.8) is 0 Å². The molecular weight excluding hydrogens is 282 g/mol. The first-order valence-corrected chi connectivity index (χ1v) is 6.82. The normalized spacial score (nSPS) is 10.6. The molecule has 0 radical (unpaired) electrons. The van der Waals surface area contributed by atoms with Gasteiger partial charge in [0.05, 0.1) is 17.3 Å². The maximum Gasteiger partial charge on any atom is 0.232 e. The number of aromatic nitrogens is 2. The van der Waals surface area contributed by atoms with Crippen LogP contribution in [0.25, 0.3) is 0 Å². The van der Waals surface area contributed by atoms with E-state index >= 15 is 0 Å². The van der Waals surface area contributed by atoms with E-state index in [0.29, 0.717) is 24.4 Å². The summed E-state index contributed by atoms with van der Waals surface area (Å²) in [6.07, 6.45) is 3.78. The second kappa shape index (κ2) is 7.48. The zero-order chi connectivity index (χ0) is 12.7. The number of nitrogens with zero attached hydrogens (tertiary/aromatic N) is 2. The molecule has 1 N–H and O–H groups in total. The average molecular weight is 302 g/mol. The van der Waals surface area contributed by atoms with Crippen LogP contribution in [0.3, 0.4) is 0 Å². The molecule has 0 saturated carbocycles. The van der Waals surface area contributed by atoms with Gasteiger partial charge in [0.15, 0.2) is 0 Å². The van der Waals surface area contributed by atoms with E-state index in [0.717, 1.165) is 23.9 Å². The van der Waals surface area contributed by atoms with Crippen molar-refractivity contribution in [3.05, 3.63) is 10.7 Å². The number of hydrogen-bond acceptors (Lipinski definition) is 4. The second-order valence-corrected chi connectivity index (χ2v) is 5.16. The molecule has 5 heteroatoms. The minimum absolute atomic E-state index is 0.610. The van der Waals surface area contributed by atoms with Crippen molar-refractivity contribution in [2.75, 3.05) is 18.5 Å². The molecule has 0 saturated heterocycles. The van der Waals surface area contributed by atoms with Gasteiger partial charge < -0.3 is 10.1 Å². The summed E-state index contributed by atoms with van der Waals surface area (Å²) >= 11 is 3.39. The molecule has 0 aliphatic heterocycles. The van der Waals surface area contributed by atoms with Crippen molar-refractivity contribution in [1.29, 1.82) is 0 Å². The molecular formula is C12H20BrN3O. The van der Waals surface area contributed by atoms with Gasteiger partial charge >= 0.3 is 0 Å². The number of nitrogens with one attached hydrogen (secondary N) is 1. The summed E-state index contributed by atoms with van der Waals surface area (Å²) in [4.78, 5) is 8.49. The van der Waals surface area contributed by atoms with Crippen LogP contribution < -0.4 is 10.1 Å². The summed E-state index contributed by atoms with van der Waals surface area (Å²) in [7, 11) is 0. The molecule has 0 amide bonds. The van der Waals surface area contributed by atoms with Gasteiger partial charge in [0.25, 0.3) is 0 Å². The zero-order valence-electron chi connectivity index (χ0n) is 10.7. The SMILES string of the molecule is CCCNc1ncc(Br)c(OCCC(C)C)n1. The Morgan fingerprint density at radius 2 is 2.24 bits per heavy atom. The van der Waals surface area contributed by atoms with Gasteiger partial charge in [-0.25, -0.2) is 4.98 Å². The first-order valence-electron chi connectivity index (χ1n) is 6.02.